The van der Waals surface area contributed by atoms with E-state index in [1.54, 1.807) is 30.7 Å². The number of hydrogen-bond donors (Lipinski definition) is 1. The number of benzene rings is 1. The second-order valence-corrected chi connectivity index (χ2v) is 6.45. The molecule has 1 aromatic carbocycles. The largest absolute Gasteiger partial charge is 0.472 e. The summed E-state index contributed by atoms with van der Waals surface area (Å²) in [5.41, 5.74) is 2.22. The predicted molar refractivity (Wildman–Crippen MR) is 91.2 cm³/mol. The Labute approximate surface area is 143 Å². The lowest BCUT2D eigenvalue weighted by Gasteiger charge is -2.14. The molecular weight excluding hydrogens is 327 g/mol. The normalized spacial score (nSPS) is 12.1. The quantitative estimate of drug-likeness (QED) is 0.739. The second-order valence-electron chi connectivity index (χ2n) is 5.60. The molecule has 0 aliphatic carbocycles. The van der Waals surface area contributed by atoms with Gasteiger partial charge in [-0.3, -0.25) is 4.79 Å². The predicted octanol–water partition coefficient (Wildman–Crippen LogP) is 3.83. The molecule has 1 unspecified atom stereocenters. The summed E-state index contributed by atoms with van der Waals surface area (Å²) >= 11 is 1.47. The zero-order valence-corrected chi connectivity index (χ0v) is 14.0. The zero-order chi connectivity index (χ0) is 16.9. The summed E-state index contributed by atoms with van der Waals surface area (Å²) in [6.45, 7) is 1.86. The minimum Gasteiger partial charge on any atom is -0.472 e. The molecule has 0 bridgehead atoms. The smallest absolute Gasteiger partial charge is 0.226 e. The van der Waals surface area contributed by atoms with E-state index in [0.29, 0.717) is 17.7 Å². The van der Waals surface area contributed by atoms with E-state index in [-0.39, 0.29) is 24.2 Å². The summed E-state index contributed by atoms with van der Waals surface area (Å²) in [6.07, 6.45) is 3.87. The molecule has 24 heavy (non-hydrogen) atoms. The molecule has 0 radical (unpaired) electrons. The minimum absolute atomic E-state index is 0.122. The highest BCUT2D eigenvalue weighted by atomic mass is 32.1. The molecule has 0 aliphatic heterocycles. The standard InChI is InChI=1S/C18H17FN2O2S/c1-12(8-13-4-2-3-5-16(13)19)20-17(22)9-15-11-24-18(21-15)14-6-7-23-10-14/h2-7,10-12H,8-9H2,1H3,(H,20,22). The summed E-state index contributed by atoms with van der Waals surface area (Å²) in [6, 6.07) is 8.29. The fourth-order valence-corrected chi connectivity index (χ4v) is 3.25. The van der Waals surface area contributed by atoms with Crippen LogP contribution in [0.5, 0.6) is 0 Å². The Kier molecular flexibility index (Phi) is 5.05. The third kappa shape index (κ3) is 4.08. The van der Waals surface area contributed by atoms with Crippen LogP contribution in [0.3, 0.4) is 0 Å². The second kappa shape index (κ2) is 7.40. The molecule has 0 saturated heterocycles. The number of carbonyl (C=O) groups is 1. The van der Waals surface area contributed by atoms with Crippen molar-refractivity contribution in [3.63, 3.8) is 0 Å². The SMILES string of the molecule is CC(Cc1ccccc1F)NC(=O)Cc1csc(-c2ccoc2)n1. The minimum atomic E-state index is -0.247. The van der Waals surface area contributed by atoms with Crippen molar-refractivity contribution in [2.75, 3.05) is 0 Å². The van der Waals surface area contributed by atoms with E-state index >= 15 is 0 Å². The van der Waals surface area contributed by atoms with E-state index in [1.807, 2.05) is 18.4 Å². The van der Waals surface area contributed by atoms with E-state index in [9.17, 15) is 9.18 Å². The topological polar surface area (TPSA) is 55.1 Å². The van der Waals surface area contributed by atoms with Crippen molar-refractivity contribution >= 4 is 17.2 Å². The van der Waals surface area contributed by atoms with Gasteiger partial charge in [0.1, 0.15) is 17.1 Å². The van der Waals surface area contributed by atoms with Crippen molar-refractivity contribution in [2.45, 2.75) is 25.8 Å². The number of halogens is 1. The molecule has 1 N–H and O–H groups in total. The van der Waals surface area contributed by atoms with E-state index in [1.165, 1.54) is 17.4 Å². The number of amides is 1. The first-order valence-corrected chi connectivity index (χ1v) is 8.49. The molecular formula is C18H17FN2O2S. The van der Waals surface area contributed by atoms with Crippen LogP contribution in [-0.4, -0.2) is 16.9 Å². The molecule has 1 amide bonds. The van der Waals surface area contributed by atoms with E-state index < -0.39 is 0 Å². The third-order valence-electron chi connectivity index (χ3n) is 3.55. The van der Waals surface area contributed by atoms with E-state index in [4.69, 9.17) is 4.42 Å². The Balaban J connectivity index is 1.55. The molecule has 6 heteroatoms. The van der Waals surface area contributed by atoms with Gasteiger partial charge in [0, 0.05) is 17.0 Å². The number of nitrogens with one attached hydrogen (secondary N) is 1. The summed E-state index contributed by atoms with van der Waals surface area (Å²) in [7, 11) is 0. The molecule has 3 rings (SSSR count). The van der Waals surface area contributed by atoms with Crippen LogP contribution < -0.4 is 5.32 Å². The first kappa shape index (κ1) is 16.4. The molecule has 4 nitrogen and oxygen atoms in total. The van der Waals surface area contributed by atoms with Crippen LogP contribution >= 0.6 is 11.3 Å². The van der Waals surface area contributed by atoms with Gasteiger partial charge >= 0.3 is 0 Å². The van der Waals surface area contributed by atoms with Gasteiger partial charge in [-0.2, -0.15) is 0 Å². The van der Waals surface area contributed by atoms with Crippen molar-refractivity contribution in [1.82, 2.24) is 10.3 Å². The Morgan fingerprint density at radius 1 is 1.38 bits per heavy atom. The van der Waals surface area contributed by atoms with Gasteiger partial charge < -0.3 is 9.73 Å². The van der Waals surface area contributed by atoms with Gasteiger partial charge in [-0.15, -0.1) is 11.3 Å². The lowest BCUT2D eigenvalue weighted by Crippen LogP contribution is -2.35. The number of carbonyl (C=O) groups excluding carboxylic acids is 1. The van der Waals surface area contributed by atoms with Gasteiger partial charge in [0.2, 0.25) is 5.91 Å². The van der Waals surface area contributed by atoms with Crippen molar-refractivity contribution in [3.05, 3.63) is 65.3 Å². The number of thiazole rings is 1. The highest BCUT2D eigenvalue weighted by Crippen LogP contribution is 2.24. The van der Waals surface area contributed by atoms with Crippen LogP contribution in [0.15, 0.2) is 52.7 Å². The lowest BCUT2D eigenvalue weighted by atomic mass is 10.1. The summed E-state index contributed by atoms with van der Waals surface area (Å²) in [5.74, 6) is -0.370. The van der Waals surface area contributed by atoms with Gasteiger partial charge in [0.05, 0.1) is 18.4 Å². The van der Waals surface area contributed by atoms with Gasteiger partial charge in [0.15, 0.2) is 0 Å². The van der Waals surface area contributed by atoms with Crippen molar-refractivity contribution in [1.29, 1.82) is 0 Å². The molecule has 2 aromatic heterocycles. The first-order chi connectivity index (χ1) is 11.6. The van der Waals surface area contributed by atoms with Gasteiger partial charge in [-0.1, -0.05) is 18.2 Å². The molecule has 3 aromatic rings. The summed E-state index contributed by atoms with van der Waals surface area (Å²) in [5, 5.41) is 5.58. The summed E-state index contributed by atoms with van der Waals surface area (Å²) in [4.78, 5) is 16.6. The Hall–Kier alpha value is -2.47. The van der Waals surface area contributed by atoms with Crippen LogP contribution in [-0.2, 0) is 17.6 Å². The van der Waals surface area contributed by atoms with Crippen molar-refractivity contribution < 1.29 is 13.6 Å². The number of nitrogens with zero attached hydrogens (tertiary/aromatic N) is 1. The fourth-order valence-electron chi connectivity index (χ4n) is 2.44. The van der Waals surface area contributed by atoms with Gasteiger partial charge in [0.25, 0.3) is 0 Å². The molecule has 124 valence electrons. The Morgan fingerprint density at radius 3 is 2.96 bits per heavy atom. The van der Waals surface area contributed by atoms with E-state index in [0.717, 1.165) is 10.6 Å². The van der Waals surface area contributed by atoms with Crippen molar-refractivity contribution in [3.8, 4) is 10.6 Å². The average molecular weight is 344 g/mol. The first-order valence-electron chi connectivity index (χ1n) is 7.61. The average Bonchev–Trinajstić information content (AvgIpc) is 3.20. The number of aromatic nitrogens is 1. The maximum Gasteiger partial charge on any atom is 0.226 e. The Bertz CT molecular complexity index is 814. The highest BCUT2D eigenvalue weighted by molar-refractivity contribution is 7.13. The number of hydrogen-bond acceptors (Lipinski definition) is 4. The monoisotopic (exact) mass is 344 g/mol. The van der Waals surface area contributed by atoms with E-state index in [2.05, 4.69) is 10.3 Å². The maximum absolute atomic E-state index is 13.6. The fraction of sp³-hybridized carbons (Fsp3) is 0.222. The van der Waals surface area contributed by atoms with Crippen molar-refractivity contribution in [2.24, 2.45) is 0 Å². The number of rotatable bonds is 6. The van der Waals surface area contributed by atoms with Gasteiger partial charge in [-0.05, 0) is 31.0 Å². The summed E-state index contributed by atoms with van der Waals surface area (Å²) < 4.78 is 18.7. The molecule has 0 fully saturated rings. The molecule has 2 heterocycles. The molecule has 1 atom stereocenters. The van der Waals surface area contributed by atoms with Crippen LogP contribution in [0, 0.1) is 5.82 Å². The highest BCUT2D eigenvalue weighted by Gasteiger charge is 2.13. The van der Waals surface area contributed by atoms with Crippen LogP contribution in [0.4, 0.5) is 4.39 Å². The zero-order valence-electron chi connectivity index (χ0n) is 13.2. The van der Waals surface area contributed by atoms with Crippen LogP contribution in [0.1, 0.15) is 18.2 Å². The van der Waals surface area contributed by atoms with Gasteiger partial charge in [-0.25, -0.2) is 9.37 Å². The van der Waals surface area contributed by atoms with Crippen LogP contribution in [0.2, 0.25) is 0 Å². The molecule has 0 spiro atoms. The number of furan rings is 1. The lowest BCUT2D eigenvalue weighted by molar-refractivity contribution is -0.121. The third-order valence-corrected chi connectivity index (χ3v) is 4.49. The Morgan fingerprint density at radius 2 is 2.21 bits per heavy atom. The molecule has 0 aliphatic rings. The molecule has 0 saturated carbocycles. The van der Waals surface area contributed by atoms with Crippen LogP contribution in [0.25, 0.3) is 10.6 Å². The maximum atomic E-state index is 13.6.